The van der Waals surface area contributed by atoms with E-state index in [1.807, 2.05) is 6.92 Å². The van der Waals surface area contributed by atoms with Crippen molar-refractivity contribution in [1.29, 1.82) is 0 Å². The molecular formula is C11H12F2O. The van der Waals surface area contributed by atoms with Crippen LogP contribution in [0.5, 0.6) is 0 Å². The Hall–Kier alpha value is -0.960. The van der Waals surface area contributed by atoms with Gasteiger partial charge < -0.3 is 4.74 Å². The van der Waals surface area contributed by atoms with Crippen molar-refractivity contribution in [2.75, 3.05) is 6.61 Å². The van der Waals surface area contributed by atoms with Crippen LogP contribution in [0.3, 0.4) is 0 Å². The summed E-state index contributed by atoms with van der Waals surface area (Å²) in [5.41, 5.74) is 0.700. The standard InChI is InChI=1S/C11H12F2O/c1-7(11-6-14-11)2-8-3-9(12)5-10(13)4-8/h3-5,7,11H,2,6H2,1H3/t7-,11+/m0/s1. The summed E-state index contributed by atoms with van der Waals surface area (Å²) in [4.78, 5) is 0. The Morgan fingerprint density at radius 1 is 1.36 bits per heavy atom. The van der Waals surface area contributed by atoms with Gasteiger partial charge in [0, 0.05) is 6.07 Å². The summed E-state index contributed by atoms with van der Waals surface area (Å²) in [5, 5.41) is 0. The zero-order valence-corrected chi connectivity index (χ0v) is 7.97. The van der Waals surface area contributed by atoms with Gasteiger partial charge in [-0.15, -0.1) is 0 Å². The molecule has 1 aliphatic rings. The van der Waals surface area contributed by atoms with E-state index < -0.39 is 11.6 Å². The van der Waals surface area contributed by atoms with Gasteiger partial charge in [-0.1, -0.05) is 6.92 Å². The second kappa shape index (κ2) is 3.65. The normalized spacial score (nSPS) is 22.1. The van der Waals surface area contributed by atoms with Crippen LogP contribution < -0.4 is 0 Å². The van der Waals surface area contributed by atoms with Gasteiger partial charge in [0.15, 0.2) is 0 Å². The number of hydrogen-bond donors (Lipinski definition) is 0. The maximum absolute atomic E-state index is 12.8. The van der Waals surface area contributed by atoms with Crippen molar-refractivity contribution in [3.05, 3.63) is 35.4 Å². The minimum Gasteiger partial charge on any atom is -0.373 e. The molecule has 0 aromatic heterocycles. The fraction of sp³-hybridized carbons (Fsp3) is 0.455. The van der Waals surface area contributed by atoms with E-state index in [0.29, 0.717) is 17.9 Å². The Balaban J connectivity index is 2.07. The van der Waals surface area contributed by atoms with E-state index in [1.165, 1.54) is 12.1 Å². The average Bonchev–Trinajstić information content (AvgIpc) is 2.82. The summed E-state index contributed by atoms with van der Waals surface area (Å²) in [6.45, 7) is 2.81. The first-order chi connectivity index (χ1) is 6.65. The van der Waals surface area contributed by atoms with E-state index >= 15 is 0 Å². The first-order valence-electron chi connectivity index (χ1n) is 4.72. The molecule has 0 unspecified atom stereocenters. The Morgan fingerprint density at radius 3 is 2.43 bits per heavy atom. The largest absolute Gasteiger partial charge is 0.373 e. The third-order valence-corrected chi connectivity index (χ3v) is 2.47. The minimum absolute atomic E-state index is 0.279. The van der Waals surface area contributed by atoms with Gasteiger partial charge in [0.25, 0.3) is 0 Å². The van der Waals surface area contributed by atoms with Crippen LogP contribution in [0.15, 0.2) is 18.2 Å². The first kappa shape index (κ1) is 9.59. The highest BCUT2D eigenvalue weighted by Crippen LogP contribution is 2.23. The van der Waals surface area contributed by atoms with Gasteiger partial charge in [-0.05, 0) is 30.0 Å². The SMILES string of the molecule is C[C@@H](Cc1cc(F)cc(F)c1)[C@H]1CO1. The molecule has 1 nitrogen and oxygen atoms in total. The van der Waals surface area contributed by atoms with E-state index in [4.69, 9.17) is 4.74 Å². The number of epoxide rings is 1. The zero-order valence-electron chi connectivity index (χ0n) is 7.97. The lowest BCUT2D eigenvalue weighted by atomic mass is 9.98. The van der Waals surface area contributed by atoms with E-state index in [2.05, 4.69) is 0 Å². The number of benzene rings is 1. The highest BCUT2D eigenvalue weighted by molar-refractivity contribution is 5.18. The van der Waals surface area contributed by atoms with Crippen molar-refractivity contribution in [3.8, 4) is 0 Å². The fourth-order valence-electron chi connectivity index (χ4n) is 1.62. The lowest BCUT2D eigenvalue weighted by molar-refractivity contribution is 0.340. The molecule has 1 aromatic rings. The smallest absolute Gasteiger partial charge is 0.126 e. The van der Waals surface area contributed by atoms with Crippen molar-refractivity contribution in [2.24, 2.45) is 5.92 Å². The summed E-state index contributed by atoms with van der Waals surface area (Å²) in [6, 6.07) is 3.64. The Kier molecular flexibility index (Phi) is 2.50. The van der Waals surface area contributed by atoms with Crippen LogP contribution in [0.25, 0.3) is 0 Å². The summed E-state index contributed by atoms with van der Waals surface area (Å²) < 4.78 is 30.8. The molecule has 0 aliphatic carbocycles. The lowest BCUT2D eigenvalue weighted by Crippen LogP contribution is -2.07. The van der Waals surface area contributed by atoms with Crippen molar-refractivity contribution in [2.45, 2.75) is 19.4 Å². The number of rotatable bonds is 3. The lowest BCUT2D eigenvalue weighted by Gasteiger charge is -2.07. The van der Waals surface area contributed by atoms with Gasteiger partial charge in [-0.25, -0.2) is 8.78 Å². The van der Waals surface area contributed by atoms with Crippen LogP contribution in [0.2, 0.25) is 0 Å². The summed E-state index contributed by atoms with van der Waals surface area (Å²) in [5.74, 6) is -0.691. The van der Waals surface area contributed by atoms with Crippen LogP contribution in [-0.2, 0) is 11.2 Å². The Bertz CT molecular complexity index is 314. The highest BCUT2D eigenvalue weighted by Gasteiger charge is 2.29. The fourth-order valence-corrected chi connectivity index (χ4v) is 1.62. The molecule has 1 aliphatic heterocycles. The molecular weight excluding hydrogens is 186 g/mol. The molecule has 14 heavy (non-hydrogen) atoms. The molecule has 0 spiro atoms. The summed E-state index contributed by atoms with van der Waals surface area (Å²) in [7, 11) is 0. The minimum atomic E-state index is -0.510. The maximum atomic E-state index is 12.8. The van der Waals surface area contributed by atoms with E-state index in [1.54, 1.807) is 0 Å². The molecule has 1 saturated heterocycles. The summed E-state index contributed by atoms with van der Waals surface area (Å²) in [6.07, 6.45) is 0.945. The Morgan fingerprint density at radius 2 is 1.93 bits per heavy atom. The molecule has 1 aromatic carbocycles. The monoisotopic (exact) mass is 198 g/mol. The van der Waals surface area contributed by atoms with Crippen molar-refractivity contribution in [1.82, 2.24) is 0 Å². The molecule has 76 valence electrons. The van der Waals surface area contributed by atoms with E-state index in [-0.39, 0.29) is 6.10 Å². The number of ether oxygens (including phenoxy) is 1. The molecule has 2 atom stereocenters. The summed E-state index contributed by atoms with van der Waals surface area (Å²) >= 11 is 0. The molecule has 3 heteroatoms. The predicted octanol–water partition coefficient (Wildman–Crippen LogP) is 2.54. The van der Waals surface area contributed by atoms with E-state index in [9.17, 15) is 8.78 Å². The van der Waals surface area contributed by atoms with Gasteiger partial charge in [0.05, 0.1) is 12.7 Å². The third-order valence-electron chi connectivity index (χ3n) is 2.47. The molecule has 0 radical (unpaired) electrons. The molecule has 0 N–H and O–H groups in total. The predicted molar refractivity (Wildman–Crippen MR) is 49.0 cm³/mol. The molecule has 2 rings (SSSR count). The van der Waals surface area contributed by atoms with Crippen LogP contribution >= 0.6 is 0 Å². The van der Waals surface area contributed by atoms with Crippen LogP contribution in [0.4, 0.5) is 8.78 Å². The van der Waals surface area contributed by atoms with Gasteiger partial charge >= 0.3 is 0 Å². The van der Waals surface area contributed by atoms with Crippen LogP contribution in [0.1, 0.15) is 12.5 Å². The molecule has 0 amide bonds. The molecule has 0 saturated carbocycles. The first-order valence-corrected chi connectivity index (χ1v) is 4.72. The quantitative estimate of drug-likeness (QED) is 0.680. The number of hydrogen-bond acceptors (Lipinski definition) is 1. The van der Waals surface area contributed by atoms with E-state index in [0.717, 1.165) is 12.7 Å². The Labute approximate surface area is 81.7 Å². The van der Waals surface area contributed by atoms with Gasteiger partial charge in [0.2, 0.25) is 0 Å². The van der Waals surface area contributed by atoms with Crippen molar-refractivity contribution in [3.63, 3.8) is 0 Å². The van der Waals surface area contributed by atoms with Gasteiger partial charge in [-0.2, -0.15) is 0 Å². The van der Waals surface area contributed by atoms with Crippen molar-refractivity contribution >= 4 is 0 Å². The van der Waals surface area contributed by atoms with Gasteiger partial charge in [0.1, 0.15) is 11.6 Å². The maximum Gasteiger partial charge on any atom is 0.126 e. The average molecular weight is 198 g/mol. The molecule has 0 bridgehead atoms. The molecule has 1 heterocycles. The highest BCUT2D eigenvalue weighted by atomic mass is 19.1. The van der Waals surface area contributed by atoms with Gasteiger partial charge in [-0.3, -0.25) is 0 Å². The second-order valence-corrected chi connectivity index (χ2v) is 3.83. The van der Waals surface area contributed by atoms with Crippen LogP contribution in [0, 0.1) is 17.6 Å². The molecule has 1 fully saturated rings. The zero-order chi connectivity index (χ0) is 10.1. The van der Waals surface area contributed by atoms with Crippen LogP contribution in [-0.4, -0.2) is 12.7 Å². The topological polar surface area (TPSA) is 12.5 Å². The second-order valence-electron chi connectivity index (χ2n) is 3.83. The third kappa shape index (κ3) is 2.29. The van der Waals surface area contributed by atoms with Crippen molar-refractivity contribution < 1.29 is 13.5 Å². The number of halogens is 2.